The van der Waals surface area contributed by atoms with Crippen molar-refractivity contribution in [1.29, 1.82) is 0 Å². The third-order valence-electron chi connectivity index (χ3n) is 7.13. The number of ether oxygens (including phenoxy) is 1. The Hall–Kier alpha value is -2.80. The molecule has 4 heterocycles. The van der Waals surface area contributed by atoms with Crippen LogP contribution in [-0.4, -0.2) is 41.2 Å². The predicted molar refractivity (Wildman–Crippen MR) is 140 cm³/mol. The molecule has 3 aliphatic heterocycles. The molecule has 2 bridgehead atoms. The van der Waals surface area contributed by atoms with E-state index in [-0.39, 0.29) is 6.10 Å². The molecule has 170 valence electrons. The van der Waals surface area contributed by atoms with Gasteiger partial charge < -0.3 is 15.4 Å². The molecule has 0 aliphatic carbocycles. The van der Waals surface area contributed by atoms with Crippen LogP contribution in [0, 0.1) is 11.8 Å². The molecule has 5 atom stereocenters. The van der Waals surface area contributed by atoms with E-state index in [1.54, 1.807) is 0 Å². The van der Waals surface area contributed by atoms with Crippen molar-refractivity contribution in [2.75, 3.05) is 30.8 Å². The molecule has 1 unspecified atom stereocenters. The molecular formula is C27H30N4OS. The predicted octanol–water partition coefficient (Wildman–Crippen LogP) is 5.63. The molecule has 5 nitrogen and oxygen atoms in total. The molecule has 1 aromatic heterocycles. The van der Waals surface area contributed by atoms with E-state index in [9.17, 15) is 0 Å². The highest BCUT2D eigenvalue weighted by Gasteiger charge is 2.42. The van der Waals surface area contributed by atoms with Crippen molar-refractivity contribution >= 4 is 39.6 Å². The minimum absolute atomic E-state index is 0.00582. The first kappa shape index (κ1) is 22.0. The summed E-state index contributed by atoms with van der Waals surface area (Å²) in [5, 5.41) is 8.20. The molecule has 6 heteroatoms. The molecule has 0 spiro atoms. The minimum atomic E-state index is -0.00582. The Morgan fingerprint density at radius 1 is 1.18 bits per heavy atom. The smallest absolute Gasteiger partial charge is 0.175 e. The summed E-state index contributed by atoms with van der Waals surface area (Å²) in [6, 6.07) is 18.6. The van der Waals surface area contributed by atoms with Crippen LogP contribution < -0.4 is 10.6 Å². The number of nitrogens with one attached hydrogen (secondary N) is 2. The molecule has 3 saturated heterocycles. The summed E-state index contributed by atoms with van der Waals surface area (Å²) in [5.74, 6) is 1.29. The van der Waals surface area contributed by atoms with Crippen molar-refractivity contribution in [3.8, 4) is 0 Å². The maximum absolute atomic E-state index is 6.15. The van der Waals surface area contributed by atoms with Crippen LogP contribution in [0.2, 0.25) is 0 Å². The molecule has 3 aliphatic rings. The average molecular weight is 459 g/mol. The van der Waals surface area contributed by atoms with Gasteiger partial charge in [-0.05, 0) is 85.4 Å². The van der Waals surface area contributed by atoms with Gasteiger partial charge in [-0.3, -0.25) is 9.88 Å². The summed E-state index contributed by atoms with van der Waals surface area (Å²) in [4.78, 5) is 7.20. The fourth-order valence-electron chi connectivity index (χ4n) is 5.49. The Morgan fingerprint density at radius 3 is 2.73 bits per heavy atom. The topological polar surface area (TPSA) is 49.4 Å². The number of benzene rings is 2. The summed E-state index contributed by atoms with van der Waals surface area (Å²) in [7, 11) is 1.83. The van der Waals surface area contributed by atoms with Gasteiger partial charge in [-0.25, -0.2) is 0 Å². The highest BCUT2D eigenvalue weighted by atomic mass is 32.1. The molecule has 33 heavy (non-hydrogen) atoms. The standard InChI is InChI=1S/C27H30N4OS/c1-3-18-17-31-14-12-19(18)15-25(31)26(32-2)22-11-13-28-24-10-9-21(16-23(22)24)30-27(33)29-20-7-5-4-6-8-20/h3-11,13,16,18-19,25-26H,1,12,14-15,17H2,2H3,(H2,29,30,33)/t18-,19-,25+,26-/m0/s1. The van der Waals surface area contributed by atoms with Crippen LogP contribution in [0.1, 0.15) is 24.5 Å². The maximum Gasteiger partial charge on any atom is 0.175 e. The van der Waals surface area contributed by atoms with Gasteiger partial charge >= 0.3 is 0 Å². The molecular weight excluding hydrogens is 428 g/mol. The Morgan fingerprint density at radius 2 is 2.00 bits per heavy atom. The molecule has 0 amide bonds. The Kier molecular flexibility index (Phi) is 6.40. The number of methoxy groups -OCH3 is 1. The number of hydrogen-bond donors (Lipinski definition) is 2. The number of pyridine rings is 1. The summed E-state index contributed by atoms with van der Waals surface area (Å²) in [6.45, 7) is 6.27. The summed E-state index contributed by atoms with van der Waals surface area (Å²) < 4.78 is 6.15. The third kappa shape index (κ3) is 4.51. The van der Waals surface area contributed by atoms with Gasteiger partial charge in [-0.2, -0.15) is 0 Å². The number of piperidine rings is 3. The van der Waals surface area contributed by atoms with Gasteiger partial charge in [0.15, 0.2) is 5.11 Å². The van der Waals surface area contributed by atoms with Gasteiger partial charge in [0.05, 0.1) is 11.6 Å². The van der Waals surface area contributed by atoms with Gasteiger partial charge in [0.1, 0.15) is 0 Å². The number of fused-ring (bicyclic) bond motifs is 4. The maximum atomic E-state index is 6.15. The lowest BCUT2D eigenvalue weighted by molar-refractivity contribution is -0.0601. The van der Waals surface area contributed by atoms with E-state index in [4.69, 9.17) is 17.0 Å². The number of hydrogen-bond acceptors (Lipinski definition) is 4. The zero-order valence-corrected chi connectivity index (χ0v) is 19.7. The first-order valence-corrected chi connectivity index (χ1v) is 12.0. The van der Waals surface area contributed by atoms with Crippen molar-refractivity contribution < 1.29 is 4.74 Å². The van der Waals surface area contributed by atoms with Crippen LogP contribution in [0.15, 0.2) is 73.4 Å². The number of aromatic nitrogens is 1. The summed E-state index contributed by atoms with van der Waals surface area (Å²) in [5.41, 5.74) is 4.02. The number of para-hydroxylation sites is 1. The van der Waals surface area contributed by atoms with Gasteiger partial charge in [0.2, 0.25) is 0 Å². The van der Waals surface area contributed by atoms with Crippen molar-refractivity contribution in [2.24, 2.45) is 11.8 Å². The van der Waals surface area contributed by atoms with Crippen molar-refractivity contribution in [2.45, 2.75) is 25.0 Å². The molecule has 6 rings (SSSR count). The van der Waals surface area contributed by atoms with Crippen LogP contribution in [0.3, 0.4) is 0 Å². The molecule has 0 saturated carbocycles. The molecule has 3 fully saturated rings. The zero-order valence-electron chi connectivity index (χ0n) is 18.9. The van der Waals surface area contributed by atoms with E-state index >= 15 is 0 Å². The molecule has 3 aromatic rings. The lowest BCUT2D eigenvalue weighted by Gasteiger charge is -2.51. The van der Waals surface area contributed by atoms with Gasteiger partial charge in [0.25, 0.3) is 0 Å². The van der Waals surface area contributed by atoms with Crippen LogP contribution in [0.4, 0.5) is 11.4 Å². The number of nitrogens with zero attached hydrogens (tertiary/aromatic N) is 2. The monoisotopic (exact) mass is 458 g/mol. The van der Waals surface area contributed by atoms with Crippen molar-refractivity contribution in [1.82, 2.24) is 9.88 Å². The highest BCUT2D eigenvalue weighted by Crippen LogP contribution is 2.43. The van der Waals surface area contributed by atoms with E-state index in [2.05, 4.69) is 45.3 Å². The minimum Gasteiger partial charge on any atom is -0.375 e. The first-order chi connectivity index (χ1) is 16.2. The SMILES string of the molecule is C=C[C@H]1CN2CC[C@H]1C[C@@H]2[C@@H](OC)c1ccnc2ccc(NC(=S)Nc3ccccc3)cc12. The number of anilines is 2. The van der Waals surface area contributed by atoms with Crippen LogP contribution in [0.5, 0.6) is 0 Å². The second-order valence-corrected chi connectivity index (χ2v) is 9.39. The second kappa shape index (κ2) is 9.59. The van der Waals surface area contributed by atoms with E-state index in [0.717, 1.165) is 41.8 Å². The van der Waals surface area contributed by atoms with Crippen molar-refractivity contribution in [3.63, 3.8) is 0 Å². The Labute approximate surface area is 200 Å². The number of thiocarbonyl (C=S) groups is 1. The highest BCUT2D eigenvalue weighted by molar-refractivity contribution is 7.80. The Bertz CT molecular complexity index is 1150. The van der Waals surface area contributed by atoms with E-state index < -0.39 is 0 Å². The molecule has 0 radical (unpaired) electrons. The number of rotatable bonds is 6. The largest absolute Gasteiger partial charge is 0.375 e. The zero-order chi connectivity index (χ0) is 22.8. The van der Waals surface area contributed by atoms with Crippen LogP contribution in [-0.2, 0) is 4.74 Å². The third-order valence-corrected chi connectivity index (χ3v) is 7.33. The van der Waals surface area contributed by atoms with E-state index in [1.807, 2.05) is 55.8 Å². The van der Waals surface area contributed by atoms with Gasteiger partial charge in [-0.1, -0.05) is 24.3 Å². The fourth-order valence-corrected chi connectivity index (χ4v) is 5.73. The molecule has 2 aromatic carbocycles. The van der Waals surface area contributed by atoms with Gasteiger partial charge in [-0.15, -0.1) is 6.58 Å². The van der Waals surface area contributed by atoms with Crippen LogP contribution in [0.25, 0.3) is 10.9 Å². The summed E-state index contributed by atoms with van der Waals surface area (Å²) >= 11 is 5.53. The Balaban J connectivity index is 1.41. The molecule has 2 N–H and O–H groups in total. The van der Waals surface area contributed by atoms with E-state index in [0.29, 0.717) is 23.0 Å². The first-order valence-electron chi connectivity index (χ1n) is 11.6. The lowest BCUT2D eigenvalue weighted by atomic mass is 9.73. The second-order valence-electron chi connectivity index (χ2n) is 8.98. The fraction of sp³-hybridized carbons (Fsp3) is 0.333. The van der Waals surface area contributed by atoms with Crippen molar-refractivity contribution in [3.05, 3.63) is 79.0 Å². The average Bonchev–Trinajstić information content (AvgIpc) is 2.85. The normalized spacial score (nSPS) is 24.9. The quantitative estimate of drug-likeness (QED) is 0.369. The van der Waals surface area contributed by atoms with Gasteiger partial charge in [0, 0.05) is 42.7 Å². The summed E-state index contributed by atoms with van der Waals surface area (Å²) in [6.07, 6.45) is 6.42. The lowest BCUT2D eigenvalue weighted by Crippen LogP contribution is -2.55. The van der Waals surface area contributed by atoms with E-state index in [1.165, 1.54) is 12.0 Å². The van der Waals surface area contributed by atoms with Crippen LogP contribution >= 0.6 is 12.2 Å².